The molecule has 2 heterocycles. The number of aryl methyl sites for hydroxylation is 1. The van der Waals surface area contributed by atoms with E-state index < -0.39 is 0 Å². The van der Waals surface area contributed by atoms with Gasteiger partial charge in [0, 0.05) is 36.8 Å². The first-order chi connectivity index (χ1) is 13.3. The normalized spacial score (nSPS) is 14.6. The van der Waals surface area contributed by atoms with E-state index in [1.54, 1.807) is 0 Å². The third kappa shape index (κ3) is 2.29. The van der Waals surface area contributed by atoms with Crippen LogP contribution in [-0.2, 0) is 5.41 Å². The minimum atomic E-state index is 0.104. The summed E-state index contributed by atoms with van der Waals surface area (Å²) in [6.45, 7) is 9.38. The van der Waals surface area contributed by atoms with Gasteiger partial charge < -0.3 is 9.80 Å². The molecule has 0 spiro atoms. The van der Waals surface area contributed by atoms with Crippen molar-refractivity contribution < 1.29 is 0 Å². The highest BCUT2D eigenvalue weighted by Crippen LogP contribution is 2.39. The summed E-state index contributed by atoms with van der Waals surface area (Å²) in [5.74, 6) is 0. The molecule has 3 heteroatoms. The second-order valence-electron chi connectivity index (χ2n) is 9.35. The highest BCUT2D eigenvalue weighted by Gasteiger charge is 2.41. The summed E-state index contributed by atoms with van der Waals surface area (Å²) in [7, 11) is 4.43. The largest absolute Gasteiger partial charge is 0.345 e. The van der Waals surface area contributed by atoms with Crippen LogP contribution < -0.4 is 26.2 Å². The molecule has 3 aromatic rings. The van der Waals surface area contributed by atoms with Crippen molar-refractivity contribution in [1.29, 1.82) is 0 Å². The van der Waals surface area contributed by atoms with Gasteiger partial charge in [-0.15, -0.1) is 0 Å². The lowest BCUT2D eigenvalue weighted by Crippen LogP contribution is -2.61. The quantitative estimate of drug-likeness (QED) is 0.556. The van der Waals surface area contributed by atoms with E-state index in [4.69, 9.17) is 0 Å². The molecule has 28 heavy (non-hydrogen) atoms. The van der Waals surface area contributed by atoms with Crippen molar-refractivity contribution >= 4 is 45.9 Å². The number of fused-ring (bicyclic) bond motifs is 4. The maximum Gasteiger partial charge on any atom is 0.252 e. The summed E-state index contributed by atoms with van der Waals surface area (Å²) in [5.41, 5.74) is 12.4. The minimum Gasteiger partial charge on any atom is -0.345 e. The fraction of sp³-hybridized carbons (Fsp3) is 0.280. The Morgan fingerprint density at radius 2 is 1.32 bits per heavy atom. The van der Waals surface area contributed by atoms with Gasteiger partial charge in [0.1, 0.15) is 0 Å². The topological polar surface area (TPSA) is 6.48 Å². The van der Waals surface area contributed by atoms with E-state index in [0.717, 1.165) is 0 Å². The lowest BCUT2D eigenvalue weighted by atomic mass is 9.33. The second kappa shape index (κ2) is 5.67. The van der Waals surface area contributed by atoms with Crippen molar-refractivity contribution in [2.45, 2.75) is 33.1 Å². The molecule has 0 amide bonds. The van der Waals surface area contributed by atoms with Crippen LogP contribution in [0.3, 0.4) is 0 Å². The fourth-order valence-electron chi connectivity index (χ4n) is 4.87. The van der Waals surface area contributed by atoms with Gasteiger partial charge in [0.15, 0.2) is 0 Å². The van der Waals surface area contributed by atoms with Crippen LogP contribution >= 0.6 is 0 Å². The zero-order chi connectivity index (χ0) is 19.8. The number of anilines is 4. The maximum absolute atomic E-state index is 2.42. The van der Waals surface area contributed by atoms with Gasteiger partial charge in [0.2, 0.25) is 0 Å². The Labute approximate surface area is 168 Å². The first kappa shape index (κ1) is 17.4. The predicted molar refractivity (Wildman–Crippen MR) is 124 cm³/mol. The molecule has 5 rings (SSSR count). The Morgan fingerprint density at radius 3 is 2.00 bits per heavy atom. The molecule has 2 aliphatic rings. The van der Waals surface area contributed by atoms with Gasteiger partial charge in [-0.25, -0.2) is 0 Å². The van der Waals surface area contributed by atoms with E-state index in [2.05, 4.69) is 106 Å². The molecule has 0 radical (unpaired) electrons. The predicted octanol–water partition coefficient (Wildman–Crippen LogP) is 3.97. The maximum atomic E-state index is 2.42. The van der Waals surface area contributed by atoms with Crippen molar-refractivity contribution in [2.75, 3.05) is 23.9 Å². The van der Waals surface area contributed by atoms with Crippen LogP contribution in [0.5, 0.6) is 0 Å². The summed E-state index contributed by atoms with van der Waals surface area (Å²) < 4.78 is 0. The number of hydrogen-bond donors (Lipinski definition) is 0. The monoisotopic (exact) mass is 366 g/mol. The van der Waals surface area contributed by atoms with Gasteiger partial charge in [0.25, 0.3) is 6.71 Å². The lowest BCUT2D eigenvalue weighted by Gasteiger charge is -2.43. The second-order valence-corrected chi connectivity index (χ2v) is 9.35. The number of hydrogen-bond acceptors (Lipinski definition) is 2. The van der Waals surface area contributed by atoms with Crippen molar-refractivity contribution in [3.8, 4) is 0 Å². The molecule has 0 saturated heterocycles. The average molecular weight is 366 g/mol. The number of rotatable bonds is 0. The third-order valence-electron chi connectivity index (χ3n) is 6.48. The van der Waals surface area contributed by atoms with E-state index >= 15 is 0 Å². The Hall–Kier alpha value is -2.68. The molecule has 0 atom stereocenters. The Morgan fingerprint density at radius 1 is 0.714 bits per heavy atom. The van der Waals surface area contributed by atoms with Crippen LogP contribution in [0.2, 0.25) is 0 Å². The fourth-order valence-corrected chi connectivity index (χ4v) is 4.87. The van der Waals surface area contributed by atoms with E-state index in [0.29, 0.717) is 6.71 Å². The van der Waals surface area contributed by atoms with E-state index in [1.807, 2.05) is 0 Å². The van der Waals surface area contributed by atoms with E-state index in [9.17, 15) is 0 Å². The van der Waals surface area contributed by atoms with Crippen LogP contribution in [-0.4, -0.2) is 20.8 Å². The first-order valence-corrected chi connectivity index (χ1v) is 10.1. The summed E-state index contributed by atoms with van der Waals surface area (Å²) in [5, 5.41) is 0. The van der Waals surface area contributed by atoms with Crippen molar-refractivity contribution in [3.05, 3.63) is 65.7 Å². The molecule has 2 nitrogen and oxygen atoms in total. The van der Waals surface area contributed by atoms with Crippen LogP contribution in [0.15, 0.2) is 54.6 Å². The summed E-state index contributed by atoms with van der Waals surface area (Å²) in [6.07, 6.45) is 0. The van der Waals surface area contributed by atoms with Crippen LogP contribution in [0.1, 0.15) is 31.9 Å². The molecule has 0 fully saturated rings. The molecule has 0 bridgehead atoms. The van der Waals surface area contributed by atoms with Gasteiger partial charge in [-0.2, -0.15) is 0 Å². The molecule has 0 saturated carbocycles. The summed E-state index contributed by atoms with van der Waals surface area (Å²) in [6, 6.07) is 20.6. The summed E-state index contributed by atoms with van der Waals surface area (Å²) in [4.78, 5) is 4.78. The number of nitrogens with zero attached hydrogens (tertiary/aromatic N) is 2. The number of benzene rings is 3. The highest BCUT2D eigenvalue weighted by molar-refractivity contribution is 7.00. The summed E-state index contributed by atoms with van der Waals surface area (Å²) >= 11 is 0. The molecular formula is C25H27BN2. The van der Waals surface area contributed by atoms with Gasteiger partial charge in [-0.1, -0.05) is 51.1 Å². The molecular weight excluding hydrogens is 339 g/mol. The van der Waals surface area contributed by atoms with Crippen LogP contribution in [0.4, 0.5) is 22.7 Å². The molecule has 3 aromatic carbocycles. The lowest BCUT2D eigenvalue weighted by molar-refractivity contribution is 0.590. The molecule has 140 valence electrons. The van der Waals surface area contributed by atoms with E-state index in [-0.39, 0.29) is 5.41 Å². The van der Waals surface area contributed by atoms with Crippen molar-refractivity contribution in [1.82, 2.24) is 0 Å². The van der Waals surface area contributed by atoms with Gasteiger partial charge in [-0.05, 0) is 64.1 Å². The first-order valence-electron chi connectivity index (χ1n) is 10.1. The Kier molecular flexibility index (Phi) is 3.53. The van der Waals surface area contributed by atoms with Crippen molar-refractivity contribution in [2.24, 2.45) is 0 Å². The smallest absolute Gasteiger partial charge is 0.252 e. The number of para-hydroxylation sites is 1. The van der Waals surface area contributed by atoms with Gasteiger partial charge in [-0.3, -0.25) is 0 Å². The van der Waals surface area contributed by atoms with Crippen LogP contribution in [0.25, 0.3) is 0 Å². The zero-order valence-corrected chi connectivity index (χ0v) is 17.7. The van der Waals surface area contributed by atoms with Crippen LogP contribution in [0, 0.1) is 6.92 Å². The van der Waals surface area contributed by atoms with Crippen molar-refractivity contribution in [3.63, 3.8) is 0 Å². The Balaban J connectivity index is 1.89. The van der Waals surface area contributed by atoms with E-state index in [1.165, 1.54) is 50.3 Å². The SMILES string of the molecule is Cc1ccc2c(c1)N(C)c1cc(C(C)(C)C)cc3c1B2c1ccccc1N3C. The standard InChI is InChI=1S/C25H27BN2/c1-16-11-12-19-21(13-16)28(6)23-15-17(25(2,3)4)14-22-24(23)26(19)18-9-7-8-10-20(18)27(22)5/h7-15H,1-6H3. The molecule has 0 aromatic heterocycles. The minimum absolute atomic E-state index is 0.104. The molecule has 0 unspecified atom stereocenters. The van der Waals surface area contributed by atoms with Gasteiger partial charge in [0.05, 0.1) is 0 Å². The molecule has 0 aliphatic carbocycles. The third-order valence-corrected chi connectivity index (χ3v) is 6.48. The molecule has 0 N–H and O–H groups in total. The zero-order valence-electron chi connectivity index (χ0n) is 17.7. The Bertz CT molecular complexity index is 1110. The average Bonchev–Trinajstić information content (AvgIpc) is 2.66. The van der Waals surface area contributed by atoms with Gasteiger partial charge >= 0.3 is 0 Å². The highest BCUT2D eigenvalue weighted by atomic mass is 15.1. The molecule has 2 aliphatic heterocycles.